The van der Waals surface area contributed by atoms with E-state index in [9.17, 15) is 0 Å². The summed E-state index contributed by atoms with van der Waals surface area (Å²) >= 11 is 5.01. The molecule has 1 heterocycles. The Hall–Kier alpha value is -1.16. The fourth-order valence-electron chi connectivity index (χ4n) is 2.54. The van der Waals surface area contributed by atoms with Crippen molar-refractivity contribution in [1.29, 1.82) is 0 Å². The first-order chi connectivity index (χ1) is 8.65. The van der Waals surface area contributed by atoms with E-state index in [0.29, 0.717) is 4.99 Å². The van der Waals surface area contributed by atoms with Gasteiger partial charge in [0.05, 0.1) is 0 Å². The molecular formula is C14H21N3S. The summed E-state index contributed by atoms with van der Waals surface area (Å²) in [6.45, 7) is 2.97. The van der Waals surface area contributed by atoms with Crippen LogP contribution in [0.15, 0.2) is 12.1 Å². The first-order valence-electron chi connectivity index (χ1n) is 6.67. The number of hydrogen-bond acceptors (Lipinski definition) is 3. The second-order valence-electron chi connectivity index (χ2n) is 5.13. The van der Waals surface area contributed by atoms with Gasteiger partial charge >= 0.3 is 0 Å². The molecular weight excluding hydrogens is 242 g/mol. The number of thiocarbonyl (C=S) groups is 1. The van der Waals surface area contributed by atoms with Gasteiger partial charge in [0.25, 0.3) is 0 Å². The predicted molar refractivity (Wildman–Crippen MR) is 79.9 cm³/mol. The Morgan fingerprint density at radius 3 is 2.78 bits per heavy atom. The number of aromatic nitrogens is 1. The van der Waals surface area contributed by atoms with E-state index in [1.54, 1.807) is 0 Å². The van der Waals surface area contributed by atoms with Gasteiger partial charge in [-0.15, -0.1) is 0 Å². The van der Waals surface area contributed by atoms with Crippen LogP contribution in [0.3, 0.4) is 0 Å². The number of rotatable bonds is 4. The van der Waals surface area contributed by atoms with Crippen LogP contribution in [-0.2, 0) is 0 Å². The van der Waals surface area contributed by atoms with Crippen molar-refractivity contribution in [2.45, 2.75) is 39.0 Å². The number of nitrogens with two attached hydrogens (primary N) is 1. The van der Waals surface area contributed by atoms with Crippen LogP contribution in [0.4, 0.5) is 5.82 Å². The Balaban J connectivity index is 1.97. The quantitative estimate of drug-likeness (QED) is 0.820. The lowest BCUT2D eigenvalue weighted by molar-refractivity contribution is 0.373. The highest BCUT2D eigenvalue weighted by Gasteiger charge is 2.13. The minimum absolute atomic E-state index is 0.432. The molecule has 1 aliphatic carbocycles. The number of nitrogens with one attached hydrogen (secondary N) is 1. The van der Waals surface area contributed by atoms with Gasteiger partial charge in [0, 0.05) is 17.8 Å². The number of anilines is 1. The molecule has 0 spiro atoms. The maximum absolute atomic E-state index is 5.67. The minimum Gasteiger partial charge on any atom is -0.389 e. The molecule has 0 amide bonds. The average molecular weight is 263 g/mol. The third-order valence-corrected chi connectivity index (χ3v) is 3.77. The third kappa shape index (κ3) is 3.67. The van der Waals surface area contributed by atoms with Crippen molar-refractivity contribution in [3.8, 4) is 0 Å². The summed E-state index contributed by atoms with van der Waals surface area (Å²) in [5.74, 6) is 1.68. The zero-order valence-electron chi connectivity index (χ0n) is 10.9. The largest absolute Gasteiger partial charge is 0.389 e. The van der Waals surface area contributed by atoms with Crippen LogP contribution < -0.4 is 11.1 Å². The Bertz CT molecular complexity index is 425. The summed E-state index contributed by atoms with van der Waals surface area (Å²) < 4.78 is 0. The van der Waals surface area contributed by atoms with Crippen LogP contribution in [0.2, 0.25) is 0 Å². The van der Waals surface area contributed by atoms with Crippen LogP contribution in [0.1, 0.15) is 43.4 Å². The number of hydrogen-bond donors (Lipinski definition) is 2. The zero-order valence-corrected chi connectivity index (χ0v) is 11.7. The maximum Gasteiger partial charge on any atom is 0.126 e. The van der Waals surface area contributed by atoms with E-state index >= 15 is 0 Å². The zero-order chi connectivity index (χ0) is 13.0. The maximum atomic E-state index is 5.67. The Morgan fingerprint density at radius 1 is 1.39 bits per heavy atom. The molecule has 4 heteroatoms. The molecule has 0 aromatic carbocycles. The molecule has 1 aromatic rings. The molecule has 0 bridgehead atoms. The fraction of sp³-hybridized carbons (Fsp3) is 0.571. The van der Waals surface area contributed by atoms with Gasteiger partial charge < -0.3 is 11.1 Å². The van der Waals surface area contributed by atoms with E-state index in [0.717, 1.165) is 29.5 Å². The van der Waals surface area contributed by atoms with Crippen molar-refractivity contribution in [2.24, 2.45) is 11.7 Å². The number of nitrogens with zero attached hydrogens (tertiary/aromatic N) is 1. The summed E-state index contributed by atoms with van der Waals surface area (Å²) in [6.07, 6.45) is 6.80. The van der Waals surface area contributed by atoms with Crippen molar-refractivity contribution in [2.75, 3.05) is 11.9 Å². The highest BCUT2D eigenvalue weighted by Crippen LogP contribution is 2.23. The molecule has 18 heavy (non-hydrogen) atoms. The lowest BCUT2D eigenvalue weighted by atomic mass is 9.89. The van der Waals surface area contributed by atoms with Gasteiger partial charge in [0.1, 0.15) is 10.8 Å². The van der Waals surface area contributed by atoms with Gasteiger partial charge in [-0.2, -0.15) is 0 Å². The SMILES string of the molecule is Cc1cc(C(N)=S)cc(NCC2CCCCC2)n1. The van der Waals surface area contributed by atoms with Crippen LogP contribution in [0.5, 0.6) is 0 Å². The average Bonchev–Trinajstić information content (AvgIpc) is 2.37. The van der Waals surface area contributed by atoms with E-state index in [-0.39, 0.29) is 0 Å². The monoisotopic (exact) mass is 263 g/mol. The van der Waals surface area contributed by atoms with Crippen LogP contribution in [-0.4, -0.2) is 16.5 Å². The molecule has 1 fully saturated rings. The summed E-state index contributed by atoms with van der Waals surface area (Å²) in [4.78, 5) is 4.91. The van der Waals surface area contributed by atoms with Crippen molar-refractivity contribution >= 4 is 23.0 Å². The van der Waals surface area contributed by atoms with Gasteiger partial charge in [-0.1, -0.05) is 31.5 Å². The molecule has 0 unspecified atom stereocenters. The summed E-state index contributed by atoms with van der Waals surface area (Å²) in [5.41, 5.74) is 7.51. The summed E-state index contributed by atoms with van der Waals surface area (Å²) in [5, 5.41) is 3.42. The fourth-order valence-corrected chi connectivity index (χ4v) is 2.66. The standard InChI is InChI=1S/C14H21N3S/c1-10-7-12(14(15)18)8-13(17-10)16-9-11-5-3-2-4-6-11/h7-8,11H,2-6,9H2,1H3,(H2,15,18)(H,16,17). The normalized spacial score (nSPS) is 16.5. The smallest absolute Gasteiger partial charge is 0.126 e. The molecule has 0 aliphatic heterocycles. The topological polar surface area (TPSA) is 50.9 Å². The van der Waals surface area contributed by atoms with Gasteiger partial charge in [0.15, 0.2) is 0 Å². The highest BCUT2D eigenvalue weighted by molar-refractivity contribution is 7.80. The number of pyridine rings is 1. The van der Waals surface area contributed by atoms with E-state index in [1.165, 1.54) is 32.1 Å². The first kappa shape index (κ1) is 13.3. The van der Waals surface area contributed by atoms with Gasteiger partial charge in [-0.25, -0.2) is 4.98 Å². The van der Waals surface area contributed by atoms with Gasteiger partial charge in [0.2, 0.25) is 0 Å². The molecule has 3 nitrogen and oxygen atoms in total. The van der Waals surface area contributed by atoms with E-state index in [1.807, 2.05) is 19.1 Å². The predicted octanol–water partition coefficient (Wildman–Crippen LogP) is 3.02. The Kier molecular flexibility index (Phi) is 4.53. The highest BCUT2D eigenvalue weighted by atomic mass is 32.1. The molecule has 1 saturated carbocycles. The molecule has 0 saturated heterocycles. The van der Waals surface area contributed by atoms with E-state index in [2.05, 4.69) is 10.3 Å². The Labute approximate surface area is 114 Å². The lowest BCUT2D eigenvalue weighted by Gasteiger charge is -2.22. The number of aryl methyl sites for hydroxylation is 1. The van der Waals surface area contributed by atoms with Crippen molar-refractivity contribution in [3.63, 3.8) is 0 Å². The molecule has 0 atom stereocenters. The second kappa shape index (κ2) is 6.14. The van der Waals surface area contributed by atoms with Crippen LogP contribution in [0.25, 0.3) is 0 Å². The lowest BCUT2D eigenvalue weighted by Crippen LogP contribution is -2.18. The molecule has 3 N–H and O–H groups in total. The first-order valence-corrected chi connectivity index (χ1v) is 7.08. The van der Waals surface area contributed by atoms with Crippen LogP contribution in [0, 0.1) is 12.8 Å². The summed E-state index contributed by atoms with van der Waals surface area (Å²) in [7, 11) is 0. The van der Waals surface area contributed by atoms with E-state index < -0.39 is 0 Å². The van der Waals surface area contributed by atoms with Crippen molar-refractivity contribution in [3.05, 3.63) is 23.4 Å². The Morgan fingerprint density at radius 2 is 2.11 bits per heavy atom. The van der Waals surface area contributed by atoms with E-state index in [4.69, 9.17) is 18.0 Å². The van der Waals surface area contributed by atoms with Crippen molar-refractivity contribution in [1.82, 2.24) is 4.98 Å². The van der Waals surface area contributed by atoms with Crippen LogP contribution >= 0.6 is 12.2 Å². The molecule has 0 radical (unpaired) electrons. The van der Waals surface area contributed by atoms with Crippen molar-refractivity contribution < 1.29 is 0 Å². The van der Waals surface area contributed by atoms with Gasteiger partial charge in [-0.3, -0.25) is 0 Å². The molecule has 2 rings (SSSR count). The minimum atomic E-state index is 0.432. The third-order valence-electron chi connectivity index (χ3n) is 3.53. The van der Waals surface area contributed by atoms with Gasteiger partial charge in [-0.05, 0) is 37.8 Å². The molecule has 1 aliphatic rings. The second-order valence-corrected chi connectivity index (χ2v) is 5.57. The summed E-state index contributed by atoms with van der Waals surface area (Å²) in [6, 6.07) is 3.87. The molecule has 98 valence electrons. The molecule has 1 aromatic heterocycles.